The smallest absolute Gasteiger partial charge is 0.183 e. The lowest BCUT2D eigenvalue weighted by molar-refractivity contribution is 0.608. The van der Waals surface area contributed by atoms with Gasteiger partial charge in [0.25, 0.3) is 0 Å². The fourth-order valence-corrected chi connectivity index (χ4v) is 1.74. The lowest BCUT2D eigenvalue weighted by atomic mass is 10.1. The maximum Gasteiger partial charge on any atom is 0.183 e. The Bertz CT molecular complexity index is 600. The Balaban J connectivity index is 2.60. The molecule has 0 unspecified atom stereocenters. The summed E-state index contributed by atoms with van der Waals surface area (Å²) < 4.78 is 15.2. The van der Waals surface area contributed by atoms with Crippen LogP contribution in [-0.4, -0.2) is 15.0 Å². The van der Waals surface area contributed by atoms with Crippen LogP contribution in [0, 0.1) is 17.1 Å². The van der Waals surface area contributed by atoms with Crippen molar-refractivity contribution >= 4 is 11.6 Å². The molecule has 0 aliphatic carbocycles. The predicted octanol–water partition coefficient (Wildman–Crippen LogP) is 2.49. The molecule has 1 heterocycles. The number of hydrogen-bond acceptors (Lipinski definition) is 3. The van der Waals surface area contributed by atoms with Gasteiger partial charge in [0.2, 0.25) is 0 Å². The molecule has 0 N–H and O–H groups in total. The summed E-state index contributed by atoms with van der Waals surface area (Å²) in [5.41, 5.74) is 1.18. The van der Waals surface area contributed by atoms with Gasteiger partial charge in [0, 0.05) is 5.56 Å². The number of nitrogens with zero attached hydrogens (tertiary/aromatic N) is 4. The van der Waals surface area contributed by atoms with E-state index in [1.807, 2.05) is 13.0 Å². The van der Waals surface area contributed by atoms with E-state index >= 15 is 0 Å². The van der Waals surface area contributed by atoms with Crippen molar-refractivity contribution in [2.75, 3.05) is 0 Å². The average molecular weight is 251 g/mol. The zero-order chi connectivity index (χ0) is 12.4. The van der Waals surface area contributed by atoms with Crippen molar-refractivity contribution in [1.29, 1.82) is 5.26 Å². The van der Waals surface area contributed by atoms with Gasteiger partial charge in [-0.3, -0.25) is 0 Å². The van der Waals surface area contributed by atoms with Crippen LogP contribution in [0.5, 0.6) is 0 Å². The van der Waals surface area contributed by atoms with E-state index in [9.17, 15) is 4.39 Å². The van der Waals surface area contributed by atoms with Gasteiger partial charge in [-0.2, -0.15) is 5.26 Å². The van der Waals surface area contributed by atoms with E-state index in [0.29, 0.717) is 17.7 Å². The summed E-state index contributed by atoms with van der Waals surface area (Å²) in [5.74, 6) is -0.458. The lowest BCUT2D eigenvalue weighted by Gasteiger charge is -2.09. The van der Waals surface area contributed by atoms with Gasteiger partial charge in [0.1, 0.15) is 11.9 Å². The highest BCUT2D eigenvalue weighted by molar-refractivity contribution is 6.30. The van der Waals surface area contributed by atoms with E-state index in [2.05, 4.69) is 10.3 Å². The second kappa shape index (κ2) is 4.52. The standard InChI is InChI=1S/C11H8ClFN4/c1-2-8-10(4-3-9(12)11(8)13)17-6-7(5-14)15-16-17/h3-4,6H,2H2,1H3. The molecule has 0 saturated carbocycles. The summed E-state index contributed by atoms with van der Waals surface area (Å²) in [7, 11) is 0. The van der Waals surface area contributed by atoms with Gasteiger partial charge >= 0.3 is 0 Å². The van der Waals surface area contributed by atoms with E-state index in [-0.39, 0.29) is 10.7 Å². The first kappa shape index (κ1) is 11.6. The molecule has 1 aromatic carbocycles. The monoisotopic (exact) mass is 250 g/mol. The summed E-state index contributed by atoms with van der Waals surface area (Å²) in [6, 6.07) is 4.98. The highest BCUT2D eigenvalue weighted by Crippen LogP contribution is 2.24. The fourth-order valence-electron chi connectivity index (χ4n) is 1.57. The van der Waals surface area contributed by atoms with Crippen LogP contribution in [0.3, 0.4) is 0 Å². The Hall–Kier alpha value is -1.93. The van der Waals surface area contributed by atoms with Gasteiger partial charge in [0.05, 0.1) is 16.9 Å². The maximum absolute atomic E-state index is 13.8. The molecule has 0 aliphatic heterocycles. The Labute approximate surface area is 102 Å². The lowest BCUT2D eigenvalue weighted by Crippen LogP contribution is -2.02. The third-order valence-electron chi connectivity index (χ3n) is 2.38. The topological polar surface area (TPSA) is 54.5 Å². The number of aromatic nitrogens is 3. The highest BCUT2D eigenvalue weighted by Gasteiger charge is 2.13. The van der Waals surface area contributed by atoms with Gasteiger partial charge in [-0.1, -0.05) is 23.7 Å². The van der Waals surface area contributed by atoms with Crippen molar-refractivity contribution in [3.8, 4) is 11.8 Å². The molecule has 6 heteroatoms. The summed E-state index contributed by atoms with van der Waals surface area (Å²) in [6.45, 7) is 1.82. The van der Waals surface area contributed by atoms with Crippen LogP contribution in [0.1, 0.15) is 18.2 Å². The van der Waals surface area contributed by atoms with E-state index in [4.69, 9.17) is 16.9 Å². The van der Waals surface area contributed by atoms with Gasteiger partial charge in [-0.15, -0.1) is 5.10 Å². The second-order valence-electron chi connectivity index (χ2n) is 3.37. The highest BCUT2D eigenvalue weighted by atomic mass is 35.5. The van der Waals surface area contributed by atoms with Crippen LogP contribution in [0.2, 0.25) is 5.02 Å². The Morgan fingerprint density at radius 3 is 2.88 bits per heavy atom. The molecular weight excluding hydrogens is 243 g/mol. The van der Waals surface area contributed by atoms with Gasteiger partial charge < -0.3 is 0 Å². The normalized spacial score (nSPS) is 10.2. The van der Waals surface area contributed by atoms with Crippen LogP contribution in [-0.2, 0) is 6.42 Å². The molecule has 86 valence electrons. The number of halogens is 2. The van der Waals surface area contributed by atoms with Crippen LogP contribution in [0.25, 0.3) is 5.69 Å². The van der Waals surface area contributed by atoms with Crippen molar-refractivity contribution in [2.24, 2.45) is 0 Å². The number of hydrogen-bond donors (Lipinski definition) is 0. The first-order valence-electron chi connectivity index (χ1n) is 4.97. The molecule has 0 fully saturated rings. The number of benzene rings is 1. The Morgan fingerprint density at radius 2 is 2.29 bits per heavy atom. The van der Waals surface area contributed by atoms with Crippen LogP contribution < -0.4 is 0 Å². The van der Waals surface area contributed by atoms with E-state index in [0.717, 1.165) is 0 Å². The zero-order valence-electron chi connectivity index (χ0n) is 8.98. The fraction of sp³-hybridized carbons (Fsp3) is 0.182. The van der Waals surface area contributed by atoms with Crippen LogP contribution in [0.15, 0.2) is 18.3 Å². The molecule has 0 atom stereocenters. The van der Waals surface area contributed by atoms with E-state index in [1.54, 1.807) is 6.07 Å². The van der Waals surface area contributed by atoms with E-state index in [1.165, 1.54) is 16.9 Å². The molecule has 2 rings (SSSR count). The van der Waals surface area contributed by atoms with Gasteiger partial charge in [-0.05, 0) is 18.6 Å². The zero-order valence-corrected chi connectivity index (χ0v) is 9.74. The summed E-state index contributed by atoms with van der Waals surface area (Å²) in [5, 5.41) is 16.1. The van der Waals surface area contributed by atoms with E-state index < -0.39 is 5.82 Å². The molecule has 0 spiro atoms. The molecule has 0 saturated heterocycles. The number of nitriles is 1. The average Bonchev–Trinajstić information content (AvgIpc) is 2.81. The van der Waals surface area contributed by atoms with Crippen molar-refractivity contribution < 1.29 is 4.39 Å². The summed E-state index contributed by atoms with van der Waals surface area (Å²) in [4.78, 5) is 0. The molecular formula is C11H8ClFN4. The summed E-state index contributed by atoms with van der Waals surface area (Å²) >= 11 is 5.71. The molecule has 0 aliphatic rings. The molecule has 0 bridgehead atoms. The minimum atomic E-state index is -0.458. The molecule has 0 radical (unpaired) electrons. The minimum absolute atomic E-state index is 0.0752. The third kappa shape index (κ3) is 1.99. The molecule has 4 nitrogen and oxygen atoms in total. The van der Waals surface area contributed by atoms with Crippen LogP contribution >= 0.6 is 11.6 Å². The van der Waals surface area contributed by atoms with Crippen LogP contribution in [0.4, 0.5) is 4.39 Å². The first-order chi connectivity index (χ1) is 8.17. The Morgan fingerprint density at radius 1 is 1.53 bits per heavy atom. The first-order valence-corrected chi connectivity index (χ1v) is 5.34. The van der Waals surface area contributed by atoms with Crippen molar-refractivity contribution in [3.05, 3.63) is 40.4 Å². The second-order valence-corrected chi connectivity index (χ2v) is 3.78. The molecule has 0 amide bonds. The molecule has 17 heavy (non-hydrogen) atoms. The minimum Gasteiger partial charge on any atom is -0.219 e. The number of rotatable bonds is 2. The quantitative estimate of drug-likeness (QED) is 0.823. The van der Waals surface area contributed by atoms with Gasteiger partial charge in [0.15, 0.2) is 5.69 Å². The van der Waals surface area contributed by atoms with Crippen molar-refractivity contribution in [3.63, 3.8) is 0 Å². The molecule has 1 aromatic heterocycles. The molecule has 2 aromatic rings. The van der Waals surface area contributed by atoms with Gasteiger partial charge in [-0.25, -0.2) is 9.07 Å². The maximum atomic E-state index is 13.8. The Kier molecular flexibility index (Phi) is 3.07. The van der Waals surface area contributed by atoms with Crippen molar-refractivity contribution in [2.45, 2.75) is 13.3 Å². The summed E-state index contributed by atoms with van der Waals surface area (Å²) in [6.07, 6.45) is 1.92. The third-order valence-corrected chi connectivity index (χ3v) is 2.67. The SMILES string of the molecule is CCc1c(-n2cc(C#N)nn2)ccc(Cl)c1F. The largest absolute Gasteiger partial charge is 0.219 e. The van der Waals surface area contributed by atoms with Crippen molar-refractivity contribution in [1.82, 2.24) is 15.0 Å². The predicted molar refractivity (Wildman–Crippen MR) is 60.4 cm³/mol.